The fourth-order valence-electron chi connectivity index (χ4n) is 1.90. The van der Waals surface area contributed by atoms with Gasteiger partial charge in [-0.15, -0.1) is 5.10 Å². The first-order valence-corrected chi connectivity index (χ1v) is 5.40. The average Bonchev–Trinajstić information content (AvgIpc) is 2.98. The van der Waals surface area contributed by atoms with E-state index in [-0.39, 0.29) is 24.3 Å². The van der Waals surface area contributed by atoms with E-state index in [0.717, 1.165) is 0 Å². The van der Waals surface area contributed by atoms with Gasteiger partial charge >= 0.3 is 5.97 Å². The van der Waals surface area contributed by atoms with Crippen LogP contribution in [0.2, 0.25) is 0 Å². The van der Waals surface area contributed by atoms with Crippen LogP contribution in [0.5, 0.6) is 0 Å². The fourth-order valence-corrected chi connectivity index (χ4v) is 1.90. The molecule has 2 heterocycles. The fraction of sp³-hybridized carbons (Fsp3) is 0.600. The number of hydrogen-bond acceptors (Lipinski definition) is 5. The number of nitrogens with zero attached hydrogens (tertiary/aromatic N) is 4. The van der Waals surface area contributed by atoms with Gasteiger partial charge in [0, 0.05) is 19.3 Å². The Labute approximate surface area is 98.3 Å². The minimum Gasteiger partial charge on any atom is -0.469 e. The van der Waals surface area contributed by atoms with Crippen LogP contribution in [0.4, 0.5) is 0 Å². The van der Waals surface area contributed by atoms with Gasteiger partial charge in [-0.1, -0.05) is 5.21 Å². The number of amides is 1. The highest BCUT2D eigenvalue weighted by atomic mass is 16.5. The second-order valence-corrected chi connectivity index (χ2v) is 3.95. The second kappa shape index (κ2) is 4.94. The smallest absolute Gasteiger partial charge is 0.310 e. The summed E-state index contributed by atoms with van der Waals surface area (Å²) < 4.78 is 6.13. The van der Waals surface area contributed by atoms with Crippen molar-refractivity contribution in [3.63, 3.8) is 0 Å². The summed E-state index contributed by atoms with van der Waals surface area (Å²) >= 11 is 0. The van der Waals surface area contributed by atoms with E-state index in [1.165, 1.54) is 18.0 Å². The van der Waals surface area contributed by atoms with Gasteiger partial charge in [-0.05, 0) is 6.42 Å². The Morgan fingerprint density at radius 3 is 3.00 bits per heavy atom. The van der Waals surface area contributed by atoms with Crippen molar-refractivity contribution in [1.82, 2.24) is 19.9 Å². The third-order valence-electron chi connectivity index (χ3n) is 2.84. The van der Waals surface area contributed by atoms with Crippen molar-refractivity contribution in [3.8, 4) is 0 Å². The summed E-state index contributed by atoms with van der Waals surface area (Å²) in [5, 5.41) is 7.35. The number of rotatable bonds is 3. The second-order valence-electron chi connectivity index (χ2n) is 3.95. The third kappa shape index (κ3) is 2.61. The van der Waals surface area contributed by atoms with Gasteiger partial charge in [-0.3, -0.25) is 9.59 Å². The van der Waals surface area contributed by atoms with E-state index in [9.17, 15) is 9.59 Å². The van der Waals surface area contributed by atoms with Gasteiger partial charge in [0.2, 0.25) is 5.91 Å². The molecule has 2 rings (SSSR count). The Morgan fingerprint density at radius 2 is 2.35 bits per heavy atom. The van der Waals surface area contributed by atoms with Crippen molar-refractivity contribution in [2.75, 3.05) is 20.2 Å². The number of methoxy groups -OCH3 is 1. The molecule has 1 aliphatic rings. The molecule has 7 nitrogen and oxygen atoms in total. The summed E-state index contributed by atoms with van der Waals surface area (Å²) in [6, 6.07) is 0. The molecule has 1 aliphatic heterocycles. The van der Waals surface area contributed by atoms with E-state index in [2.05, 4.69) is 15.0 Å². The normalized spacial score (nSPS) is 19.4. The standard InChI is InChI=1S/C10H14N4O3/c1-17-10(16)8-2-4-13(6-8)9(15)7-14-5-3-11-12-14/h3,5,8H,2,4,6-7H2,1H3. The molecular weight excluding hydrogens is 224 g/mol. The number of aromatic nitrogens is 3. The predicted octanol–water partition coefficient (Wildman–Crippen LogP) is -0.700. The van der Waals surface area contributed by atoms with Gasteiger partial charge in [-0.2, -0.15) is 0 Å². The maximum Gasteiger partial charge on any atom is 0.310 e. The Bertz CT molecular complexity index is 404. The Kier molecular flexibility index (Phi) is 3.36. The molecule has 0 spiro atoms. The molecule has 0 radical (unpaired) electrons. The van der Waals surface area contributed by atoms with Crippen LogP contribution < -0.4 is 0 Å². The highest BCUT2D eigenvalue weighted by Gasteiger charge is 2.31. The molecule has 1 fully saturated rings. The monoisotopic (exact) mass is 238 g/mol. The maximum atomic E-state index is 11.9. The molecule has 1 atom stereocenters. The van der Waals surface area contributed by atoms with E-state index >= 15 is 0 Å². The van der Waals surface area contributed by atoms with Gasteiger partial charge in [0.05, 0.1) is 19.2 Å². The molecule has 1 aromatic rings. The molecule has 0 bridgehead atoms. The molecule has 1 amide bonds. The Morgan fingerprint density at radius 1 is 1.53 bits per heavy atom. The van der Waals surface area contributed by atoms with E-state index < -0.39 is 0 Å². The number of carbonyl (C=O) groups excluding carboxylic acids is 2. The van der Waals surface area contributed by atoms with Crippen LogP contribution in [-0.2, 0) is 20.9 Å². The van der Waals surface area contributed by atoms with Crippen LogP contribution in [0.15, 0.2) is 12.4 Å². The first kappa shape index (κ1) is 11.6. The molecule has 7 heteroatoms. The van der Waals surface area contributed by atoms with E-state index in [0.29, 0.717) is 19.5 Å². The van der Waals surface area contributed by atoms with E-state index in [1.54, 1.807) is 11.1 Å². The van der Waals surface area contributed by atoms with Gasteiger partial charge in [0.1, 0.15) is 6.54 Å². The van der Waals surface area contributed by atoms with Crippen molar-refractivity contribution in [2.24, 2.45) is 5.92 Å². The molecule has 0 saturated carbocycles. The van der Waals surface area contributed by atoms with Crippen molar-refractivity contribution < 1.29 is 14.3 Å². The molecule has 0 N–H and O–H groups in total. The minimum absolute atomic E-state index is 0.0538. The Hall–Kier alpha value is -1.92. The summed E-state index contributed by atoms with van der Waals surface area (Å²) in [5.74, 6) is -0.498. The molecule has 1 saturated heterocycles. The van der Waals surface area contributed by atoms with Gasteiger partial charge in [0.15, 0.2) is 0 Å². The molecule has 1 aromatic heterocycles. The van der Waals surface area contributed by atoms with Gasteiger partial charge in [-0.25, -0.2) is 4.68 Å². The van der Waals surface area contributed by atoms with Crippen LogP contribution in [0, 0.1) is 5.92 Å². The third-order valence-corrected chi connectivity index (χ3v) is 2.84. The van der Waals surface area contributed by atoms with E-state index in [1.807, 2.05) is 0 Å². The minimum atomic E-state index is -0.249. The molecule has 1 unspecified atom stereocenters. The van der Waals surface area contributed by atoms with Crippen LogP contribution >= 0.6 is 0 Å². The van der Waals surface area contributed by atoms with Crippen LogP contribution in [0.25, 0.3) is 0 Å². The quantitative estimate of drug-likeness (QED) is 0.651. The van der Waals surface area contributed by atoms with Crippen LogP contribution in [0.1, 0.15) is 6.42 Å². The molecular formula is C10H14N4O3. The van der Waals surface area contributed by atoms with Crippen molar-refractivity contribution in [3.05, 3.63) is 12.4 Å². The van der Waals surface area contributed by atoms with Crippen molar-refractivity contribution in [1.29, 1.82) is 0 Å². The lowest BCUT2D eigenvalue weighted by atomic mass is 10.1. The number of hydrogen-bond donors (Lipinski definition) is 0. The van der Waals surface area contributed by atoms with Crippen molar-refractivity contribution in [2.45, 2.75) is 13.0 Å². The lowest BCUT2D eigenvalue weighted by molar-refractivity contribution is -0.145. The highest BCUT2D eigenvalue weighted by molar-refractivity contribution is 5.79. The summed E-state index contributed by atoms with van der Waals surface area (Å²) in [7, 11) is 1.36. The highest BCUT2D eigenvalue weighted by Crippen LogP contribution is 2.17. The Balaban J connectivity index is 1.88. The number of likely N-dealkylation sites (tertiary alicyclic amines) is 1. The predicted molar refractivity (Wildman–Crippen MR) is 56.7 cm³/mol. The summed E-state index contributed by atoms with van der Waals surface area (Å²) in [6.07, 6.45) is 3.82. The molecule has 0 aromatic carbocycles. The lowest BCUT2D eigenvalue weighted by Gasteiger charge is -2.15. The zero-order chi connectivity index (χ0) is 12.3. The zero-order valence-electron chi connectivity index (χ0n) is 9.57. The first-order valence-electron chi connectivity index (χ1n) is 5.40. The van der Waals surface area contributed by atoms with Crippen LogP contribution in [-0.4, -0.2) is 52.0 Å². The summed E-state index contributed by atoms with van der Waals surface area (Å²) in [4.78, 5) is 24.8. The van der Waals surface area contributed by atoms with Crippen molar-refractivity contribution >= 4 is 11.9 Å². The number of ether oxygens (including phenoxy) is 1. The molecule has 17 heavy (non-hydrogen) atoms. The largest absolute Gasteiger partial charge is 0.469 e. The maximum absolute atomic E-state index is 11.9. The van der Waals surface area contributed by atoms with Crippen LogP contribution in [0.3, 0.4) is 0 Å². The molecule has 0 aliphatic carbocycles. The van der Waals surface area contributed by atoms with Gasteiger partial charge in [0.25, 0.3) is 0 Å². The number of esters is 1. The zero-order valence-corrected chi connectivity index (χ0v) is 9.57. The SMILES string of the molecule is COC(=O)C1CCN(C(=O)Cn2ccnn2)C1. The lowest BCUT2D eigenvalue weighted by Crippen LogP contribution is -2.33. The molecule has 92 valence electrons. The number of carbonyl (C=O) groups is 2. The summed E-state index contributed by atoms with van der Waals surface area (Å²) in [6.45, 7) is 1.18. The van der Waals surface area contributed by atoms with Gasteiger partial charge < -0.3 is 9.64 Å². The average molecular weight is 238 g/mol. The summed E-state index contributed by atoms with van der Waals surface area (Å²) in [5.41, 5.74) is 0. The van der Waals surface area contributed by atoms with E-state index in [4.69, 9.17) is 0 Å². The topological polar surface area (TPSA) is 77.3 Å². The first-order chi connectivity index (χ1) is 8.20.